The molecule has 2 heterocycles. The quantitative estimate of drug-likeness (QED) is 0.701. The maximum absolute atomic E-state index is 12.2. The molecule has 3 rings (SSSR count). The van der Waals surface area contributed by atoms with Crippen LogP contribution in [0.1, 0.15) is 5.69 Å². The molecule has 0 saturated carbocycles. The fourth-order valence-electron chi connectivity index (χ4n) is 2.44. The molecule has 26 heavy (non-hydrogen) atoms. The van der Waals surface area contributed by atoms with Crippen molar-refractivity contribution < 1.29 is 13.2 Å². The smallest absolute Gasteiger partial charge is 0.238 e. The number of carbonyl (C=O) groups is 1. The Balaban J connectivity index is 1.92. The Bertz CT molecular complexity index is 1050. The first-order valence-corrected chi connectivity index (χ1v) is 9.22. The van der Waals surface area contributed by atoms with Gasteiger partial charge in [0.2, 0.25) is 15.9 Å². The summed E-state index contributed by atoms with van der Waals surface area (Å²) in [6.07, 6.45) is 5.01. The number of pyridine rings is 1. The first kappa shape index (κ1) is 17.8. The summed E-state index contributed by atoms with van der Waals surface area (Å²) in [6.45, 7) is 0. The van der Waals surface area contributed by atoms with E-state index in [1.807, 2.05) is 0 Å². The lowest BCUT2D eigenvalue weighted by Crippen LogP contribution is -2.17. The fourth-order valence-corrected chi connectivity index (χ4v) is 3.03. The van der Waals surface area contributed by atoms with E-state index in [0.717, 1.165) is 0 Å². The van der Waals surface area contributed by atoms with E-state index in [0.29, 0.717) is 22.5 Å². The topological polar surface area (TPSA) is 120 Å². The van der Waals surface area contributed by atoms with Gasteiger partial charge in [-0.05, 0) is 35.9 Å². The van der Waals surface area contributed by atoms with E-state index in [-0.39, 0.29) is 17.2 Å². The average molecular weight is 371 g/mol. The second kappa shape index (κ2) is 7.06. The van der Waals surface area contributed by atoms with Crippen LogP contribution >= 0.6 is 0 Å². The molecule has 0 saturated heterocycles. The summed E-state index contributed by atoms with van der Waals surface area (Å²) in [6, 6.07) is 9.73. The molecule has 1 aromatic carbocycles. The van der Waals surface area contributed by atoms with E-state index in [2.05, 4.69) is 15.4 Å². The molecule has 0 aliphatic carbocycles. The van der Waals surface area contributed by atoms with Crippen molar-refractivity contribution in [3.05, 3.63) is 60.7 Å². The van der Waals surface area contributed by atoms with Crippen molar-refractivity contribution in [3.8, 4) is 11.1 Å². The molecule has 0 radical (unpaired) electrons. The number of primary sulfonamides is 1. The van der Waals surface area contributed by atoms with E-state index in [1.54, 1.807) is 54.6 Å². The van der Waals surface area contributed by atoms with Gasteiger partial charge in [0.25, 0.3) is 0 Å². The zero-order chi connectivity index (χ0) is 18.7. The van der Waals surface area contributed by atoms with Gasteiger partial charge in [0, 0.05) is 36.4 Å². The van der Waals surface area contributed by atoms with Gasteiger partial charge >= 0.3 is 0 Å². The molecular formula is C17H17N5O3S. The van der Waals surface area contributed by atoms with Gasteiger partial charge in [0.1, 0.15) is 0 Å². The van der Waals surface area contributed by atoms with Crippen LogP contribution in [-0.2, 0) is 28.3 Å². The third-order valence-electron chi connectivity index (χ3n) is 3.62. The van der Waals surface area contributed by atoms with Crippen molar-refractivity contribution in [3.63, 3.8) is 0 Å². The molecule has 2 aromatic heterocycles. The minimum atomic E-state index is -3.93. The van der Waals surface area contributed by atoms with Crippen molar-refractivity contribution in [2.45, 2.75) is 11.3 Å². The number of hydrogen-bond donors (Lipinski definition) is 2. The van der Waals surface area contributed by atoms with Crippen LogP contribution in [-0.4, -0.2) is 29.1 Å². The summed E-state index contributed by atoms with van der Waals surface area (Å²) in [5.41, 5.74) is 2.23. The Morgan fingerprint density at radius 3 is 2.65 bits per heavy atom. The highest BCUT2D eigenvalue weighted by Crippen LogP contribution is 2.26. The lowest BCUT2D eigenvalue weighted by atomic mass is 10.1. The molecule has 0 aliphatic heterocycles. The molecule has 3 aromatic rings. The van der Waals surface area contributed by atoms with Crippen LogP contribution in [0.3, 0.4) is 0 Å². The fraction of sp³-hybridized carbons (Fsp3) is 0.118. The monoisotopic (exact) mass is 371 g/mol. The van der Waals surface area contributed by atoms with Gasteiger partial charge in [-0.1, -0.05) is 6.07 Å². The van der Waals surface area contributed by atoms with Crippen molar-refractivity contribution in [1.29, 1.82) is 0 Å². The second-order valence-electron chi connectivity index (χ2n) is 5.74. The Hall–Kier alpha value is -3.04. The van der Waals surface area contributed by atoms with Gasteiger partial charge in [0.15, 0.2) is 0 Å². The van der Waals surface area contributed by atoms with Gasteiger partial charge in [0.05, 0.1) is 17.5 Å². The Morgan fingerprint density at radius 1 is 1.23 bits per heavy atom. The molecule has 9 heteroatoms. The third kappa shape index (κ3) is 4.32. The van der Waals surface area contributed by atoms with Crippen molar-refractivity contribution in [2.24, 2.45) is 12.2 Å². The van der Waals surface area contributed by atoms with Gasteiger partial charge < -0.3 is 5.32 Å². The summed E-state index contributed by atoms with van der Waals surface area (Å²) in [4.78, 5) is 16.3. The highest BCUT2D eigenvalue weighted by atomic mass is 32.2. The number of hydrogen-bond acceptors (Lipinski definition) is 5. The number of aromatic nitrogens is 3. The van der Waals surface area contributed by atoms with E-state index < -0.39 is 10.0 Å². The predicted molar refractivity (Wildman–Crippen MR) is 96.6 cm³/mol. The van der Waals surface area contributed by atoms with Crippen LogP contribution in [0, 0.1) is 0 Å². The van der Waals surface area contributed by atoms with Crippen LogP contribution in [0.5, 0.6) is 0 Å². The third-order valence-corrected chi connectivity index (χ3v) is 4.52. The number of nitrogens with two attached hydrogens (primary N) is 1. The zero-order valence-electron chi connectivity index (χ0n) is 14.0. The number of carbonyl (C=O) groups excluding carboxylic acids is 1. The molecule has 0 bridgehead atoms. The van der Waals surface area contributed by atoms with E-state index in [1.165, 1.54) is 12.1 Å². The zero-order valence-corrected chi connectivity index (χ0v) is 14.8. The van der Waals surface area contributed by atoms with Crippen molar-refractivity contribution in [2.75, 3.05) is 5.32 Å². The minimum Gasteiger partial charge on any atom is -0.326 e. The van der Waals surface area contributed by atoms with Gasteiger partial charge in [-0.3, -0.25) is 14.5 Å². The summed E-state index contributed by atoms with van der Waals surface area (Å²) < 4.78 is 25.2. The molecular weight excluding hydrogens is 354 g/mol. The van der Waals surface area contributed by atoms with E-state index >= 15 is 0 Å². The highest BCUT2D eigenvalue weighted by molar-refractivity contribution is 7.89. The number of benzene rings is 1. The second-order valence-corrected chi connectivity index (χ2v) is 7.30. The molecule has 0 unspecified atom stereocenters. The summed E-state index contributed by atoms with van der Waals surface area (Å²) >= 11 is 0. The van der Waals surface area contributed by atoms with Crippen LogP contribution in [0.4, 0.5) is 5.69 Å². The summed E-state index contributed by atoms with van der Waals surface area (Å²) in [5, 5.41) is 12.0. The molecule has 3 N–H and O–H groups in total. The normalized spacial score (nSPS) is 11.3. The van der Waals surface area contributed by atoms with Crippen molar-refractivity contribution >= 4 is 21.6 Å². The lowest BCUT2D eigenvalue weighted by molar-refractivity contribution is -0.115. The lowest BCUT2D eigenvalue weighted by Gasteiger charge is -2.09. The maximum atomic E-state index is 12.2. The molecule has 8 nitrogen and oxygen atoms in total. The standard InChI is InChI=1S/C17H17N5O3S/c1-22-11-13(10-20-22)12-6-15(8-16(7-12)26(18,24)25)21-17(23)9-14-4-2-3-5-19-14/h2-8,10-11H,9H2,1H3,(H,21,23)(H2,18,24,25). The minimum absolute atomic E-state index is 0.0721. The molecule has 134 valence electrons. The van der Waals surface area contributed by atoms with Crippen LogP contribution in [0.2, 0.25) is 0 Å². The molecule has 0 atom stereocenters. The molecule has 1 amide bonds. The number of nitrogens with zero attached hydrogens (tertiary/aromatic N) is 3. The van der Waals surface area contributed by atoms with Crippen LogP contribution in [0.15, 0.2) is 59.9 Å². The Labute approximate surface area is 150 Å². The number of aryl methyl sites for hydroxylation is 1. The first-order chi connectivity index (χ1) is 12.3. The van der Waals surface area contributed by atoms with Gasteiger partial charge in [-0.2, -0.15) is 5.10 Å². The molecule has 0 aliphatic rings. The Kier molecular flexibility index (Phi) is 4.83. The molecule has 0 fully saturated rings. The average Bonchev–Trinajstić information content (AvgIpc) is 3.01. The summed E-state index contributed by atoms with van der Waals surface area (Å²) in [5.74, 6) is -0.313. The maximum Gasteiger partial charge on any atom is 0.238 e. The number of nitrogens with one attached hydrogen (secondary N) is 1. The van der Waals surface area contributed by atoms with Gasteiger partial charge in [-0.15, -0.1) is 0 Å². The van der Waals surface area contributed by atoms with E-state index in [4.69, 9.17) is 5.14 Å². The Morgan fingerprint density at radius 2 is 2.04 bits per heavy atom. The SMILES string of the molecule is Cn1cc(-c2cc(NC(=O)Cc3ccccn3)cc(S(N)(=O)=O)c2)cn1. The number of sulfonamides is 1. The summed E-state index contributed by atoms with van der Waals surface area (Å²) in [7, 11) is -2.18. The number of amides is 1. The molecule has 0 spiro atoms. The van der Waals surface area contributed by atoms with Gasteiger partial charge in [-0.25, -0.2) is 13.6 Å². The van der Waals surface area contributed by atoms with E-state index in [9.17, 15) is 13.2 Å². The highest BCUT2D eigenvalue weighted by Gasteiger charge is 2.14. The first-order valence-electron chi connectivity index (χ1n) is 7.68. The largest absolute Gasteiger partial charge is 0.326 e. The van der Waals surface area contributed by atoms with Crippen molar-refractivity contribution in [1.82, 2.24) is 14.8 Å². The van der Waals surface area contributed by atoms with Crippen LogP contribution in [0.25, 0.3) is 11.1 Å². The number of anilines is 1. The predicted octanol–water partition coefficient (Wildman–Crippen LogP) is 1.31. The number of rotatable bonds is 5. The van der Waals surface area contributed by atoms with Crippen LogP contribution < -0.4 is 10.5 Å².